The van der Waals surface area contributed by atoms with E-state index in [-0.39, 0.29) is 46.0 Å². The molecule has 0 saturated heterocycles. The van der Waals surface area contributed by atoms with E-state index < -0.39 is 9.23 Å². The van der Waals surface area contributed by atoms with Crippen molar-refractivity contribution < 1.29 is 45.1 Å². The van der Waals surface area contributed by atoms with E-state index in [9.17, 15) is 4.79 Å². The third-order valence-electron chi connectivity index (χ3n) is 5.95. The van der Waals surface area contributed by atoms with E-state index in [0.29, 0.717) is 12.4 Å². The number of aliphatic hydroxyl groups excluding tert-OH is 1. The van der Waals surface area contributed by atoms with Gasteiger partial charge in [0.2, 0.25) is 9.23 Å². The van der Waals surface area contributed by atoms with Gasteiger partial charge in [0.05, 0.1) is 17.4 Å². The summed E-state index contributed by atoms with van der Waals surface area (Å²) in [7, 11) is 7.36. The number of nitrogens with zero attached hydrogens (tertiary/aromatic N) is 4. The molecule has 8 aromatic heterocycles. The van der Waals surface area contributed by atoms with E-state index in [0.717, 1.165) is 46.1 Å². The van der Waals surface area contributed by atoms with Gasteiger partial charge in [-0.1, -0.05) is 24.3 Å². The van der Waals surface area contributed by atoms with Gasteiger partial charge in [0.1, 0.15) is 19.3 Å². The average Bonchev–Trinajstić information content (AvgIpc) is 3.91. The smallest absolute Gasteiger partial charge is 1.00 e. The van der Waals surface area contributed by atoms with Gasteiger partial charge in [0.15, 0.2) is 6.29 Å². The minimum Gasteiger partial charge on any atom is -1.00 e. The standard InChI is InChI=1S/C8H6ClNS.C8H8N2S.C8H7NOS.C8H5NOS.B.Cl2OS.Na.H/c2*9-5-7-4-6-2-1-3-10-8(6)11-7;2*10-5-7-4-6-2-1-3-9-8(6)11-7;;1-4(2)3;;/h1-4H,5H2;1-4H,5,9H2;1-4,10H,5H2;1-5H;;;;/q;;;;;;+1;-1. The Morgan fingerprint density at radius 2 is 1.06 bits per heavy atom. The largest absolute Gasteiger partial charge is 1.00 e. The number of nitrogens with two attached hydrogens (primary N) is 1. The van der Waals surface area contributed by atoms with Gasteiger partial charge in [-0.25, -0.2) is 24.1 Å². The summed E-state index contributed by atoms with van der Waals surface area (Å²) in [5.41, 5.74) is 5.50. The number of carbonyl (C=O) groups is 1. The Morgan fingerprint density at radius 1 is 0.700 bits per heavy atom. The summed E-state index contributed by atoms with van der Waals surface area (Å²) in [4.78, 5) is 35.2. The quantitative estimate of drug-likeness (QED) is 0.0895. The van der Waals surface area contributed by atoms with Gasteiger partial charge in [-0.05, 0) is 48.5 Å². The second kappa shape index (κ2) is 23.6. The first kappa shape index (κ1) is 44.3. The number of aldehydes is 1. The predicted molar refractivity (Wildman–Crippen MR) is 214 cm³/mol. The van der Waals surface area contributed by atoms with Crippen LogP contribution in [0, 0.1) is 0 Å². The molecule has 0 spiro atoms. The van der Waals surface area contributed by atoms with Crippen molar-refractivity contribution >= 4 is 143 Å². The Hall–Kier alpha value is -1.89. The topological polar surface area (TPSA) is 132 Å². The van der Waals surface area contributed by atoms with E-state index in [1.165, 1.54) is 43.2 Å². The number of pyridine rings is 4. The fourth-order valence-electron chi connectivity index (χ4n) is 3.97. The molecule has 3 radical (unpaired) electrons. The molecule has 0 fully saturated rings. The predicted octanol–water partition coefficient (Wildman–Crippen LogP) is 6.47. The zero-order valence-electron chi connectivity index (χ0n) is 27.3. The summed E-state index contributed by atoms with van der Waals surface area (Å²) in [6, 6.07) is 23.7. The van der Waals surface area contributed by atoms with E-state index in [1.54, 1.807) is 47.5 Å². The van der Waals surface area contributed by atoms with Crippen LogP contribution in [-0.4, -0.2) is 44.0 Å². The Kier molecular flexibility index (Phi) is 20.9. The number of hydrogen-bond donors (Lipinski definition) is 2. The fraction of sp³-hybridized carbons (Fsp3) is 0.0938. The number of thiophene rings is 4. The molecule has 0 aliphatic carbocycles. The average molecular weight is 830 g/mol. The van der Waals surface area contributed by atoms with Crippen LogP contribution >= 0.6 is 78.3 Å². The van der Waals surface area contributed by atoms with Gasteiger partial charge in [-0.3, -0.25) is 4.79 Å². The van der Waals surface area contributed by atoms with Crippen molar-refractivity contribution in [1.82, 2.24) is 19.9 Å². The van der Waals surface area contributed by atoms with Crippen LogP contribution in [0.4, 0.5) is 0 Å². The van der Waals surface area contributed by atoms with Crippen LogP contribution in [0.15, 0.2) is 97.6 Å². The molecular formula is C32H27BCl3N5NaO3S5. The zero-order chi connectivity index (χ0) is 34.3. The van der Waals surface area contributed by atoms with E-state index in [2.05, 4.69) is 65.6 Å². The molecule has 0 amide bonds. The Labute approximate surface area is 346 Å². The van der Waals surface area contributed by atoms with Crippen molar-refractivity contribution in [2.75, 3.05) is 0 Å². The van der Waals surface area contributed by atoms with Crippen LogP contribution in [-0.2, 0) is 28.3 Å². The molecule has 18 heteroatoms. The van der Waals surface area contributed by atoms with Gasteiger partial charge in [-0.2, -0.15) is 0 Å². The normalized spacial score (nSPS) is 9.96. The van der Waals surface area contributed by atoms with Crippen molar-refractivity contribution in [2.45, 2.75) is 19.0 Å². The molecule has 0 aliphatic rings. The molecule has 0 aliphatic heterocycles. The summed E-state index contributed by atoms with van der Waals surface area (Å²) in [6.07, 6.45) is 7.95. The van der Waals surface area contributed by atoms with E-state index in [1.807, 2.05) is 48.5 Å². The SMILES string of the molecule is ClCc1cc2cccnc2s1.NCc1cc2cccnc2s1.O=Cc1cc2cccnc2s1.O=S(Cl)Cl.OCc1cc2cccnc2s1.[B].[H-].[Na+]. The molecule has 0 aromatic carbocycles. The van der Waals surface area contributed by atoms with Gasteiger partial charge >= 0.3 is 29.6 Å². The number of hydrogen-bond acceptors (Lipinski definition) is 12. The third kappa shape index (κ3) is 13.9. The molecule has 8 nitrogen and oxygen atoms in total. The number of aromatic nitrogens is 4. The van der Waals surface area contributed by atoms with Crippen molar-refractivity contribution in [3.8, 4) is 0 Å². The Bertz CT molecular complexity index is 1930. The molecule has 0 saturated carbocycles. The van der Waals surface area contributed by atoms with Crippen molar-refractivity contribution in [2.24, 2.45) is 5.73 Å². The minimum absolute atomic E-state index is 0. The first-order valence-electron chi connectivity index (χ1n) is 13.7. The van der Waals surface area contributed by atoms with Crippen LogP contribution in [0.25, 0.3) is 40.9 Å². The first-order valence-corrected chi connectivity index (χ1v) is 20.3. The monoisotopic (exact) mass is 828 g/mol. The third-order valence-corrected chi connectivity index (χ3v) is 10.6. The van der Waals surface area contributed by atoms with Crippen LogP contribution in [0.5, 0.6) is 0 Å². The summed E-state index contributed by atoms with van der Waals surface area (Å²) >= 11 is 12.0. The van der Waals surface area contributed by atoms with Crippen LogP contribution in [0.3, 0.4) is 0 Å². The second-order valence-electron chi connectivity index (χ2n) is 9.18. The second-order valence-corrected chi connectivity index (χ2v) is 16.4. The maximum atomic E-state index is 10.4. The summed E-state index contributed by atoms with van der Waals surface area (Å²) in [5.74, 6) is 0.584. The molecule has 0 bridgehead atoms. The Balaban J connectivity index is 0.000000322. The van der Waals surface area contributed by atoms with Gasteiger partial charge in [0, 0.05) is 97.3 Å². The molecule has 8 rings (SSSR count). The molecule has 8 heterocycles. The molecule has 8 aromatic rings. The van der Waals surface area contributed by atoms with Crippen molar-refractivity contribution in [3.63, 3.8) is 0 Å². The Morgan fingerprint density at radius 3 is 1.42 bits per heavy atom. The summed E-state index contributed by atoms with van der Waals surface area (Å²) in [5, 5.41) is 13.4. The minimum atomic E-state index is -1.67. The molecule has 0 unspecified atom stereocenters. The number of rotatable bonds is 4. The van der Waals surface area contributed by atoms with Gasteiger partial charge < -0.3 is 12.3 Å². The zero-order valence-corrected chi connectivity index (χ0v) is 34.7. The number of alkyl halides is 1. The fourth-order valence-corrected chi connectivity index (χ4v) is 7.61. The number of halogens is 3. The first-order chi connectivity index (χ1) is 23.3. The van der Waals surface area contributed by atoms with E-state index >= 15 is 0 Å². The maximum Gasteiger partial charge on any atom is 1.00 e. The van der Waals surface area contributed by atoms with Crippen LogP contribution in [0.1, 0.15) is 25.7 Å². The number of carbonyl (C=O) groups excluding carboxylic acids is 1. The molecule has 50 heavy (non-hydrogen) atoms. The van der Waals surface area contributed by atoms with Crippen molar-refractivity contribution in [1.29, 1.82) is 0 Å². The van der Waals surface area contributed by atoms with Crippen LogP contribution < -0.4 is 35.3 Å². The van der Waals surface area contributed by atoms with E-state index in [4.69, 9.17) is 26.7 Å². The molecule has 0 atom stereocenters. The van der Waals surface area contributed by atoms with Gasteiger partial charge in [0.25, 0.3) is 0 Å². The number of aliphatic hydroxyl groups is 1. The molecule has 3 N–H and O–H groups in total. The van der Waals surface area contributed by atoms with Crippen LogP contribution in [0.2, 0.25) is 0 Å². The van der Waals surface area contributed by atoms with Crippen molar-refractivity contribution in [3.05, 3.63) is 117 Å². The summed E-state index contributed by atoms with van der Waals surface area (Å²) in [6.45, 7) is 0.724. The molecule has 253 valence electrons. The number of fused-ring (bicyclic) bond motifs is 4. The molecular weight excluding hydrogens is 803 g/mol. The maximum absolute atomic E-state index is 10.4. The summed E-state index contributed by atoms with van der Waals surface area (Å²) < 4.78 is 9.09. The van der Waals surface area contributed by atoms with Gasteiger partial charge in [-0.15, -0.1) is 56.9 Å².